The maximum atomic E-state index is 12.1. The van der Waals surface area contributed by atoms with Crippen molar-refractivity contribution in [1.82, 2.24) is 9.78 Å². The van der Waals surface area contributed by atoms with Crippen LogP contribution >= 0.6 is 0 Å². The Morgan fingerprint density at radius 2 is 1.81 bits per heavy atom. The van der Waals surface area contributed by atoms with Crippen LogP contribution in [0.15, 0.2) is 24.3 Å². The van der Waals surface area contributed by atoms with Gasteiger partial charge in [-0.3, -0.25) is 9.48 Å². The predicted molar refractivity (Wildman–Crippen MR) is 85.5 cm³/mol. The predicted octanol–water partition coefficient (Wildman–Crippen LogP) is 3.17. The quantitative estimate of drug-likeness (QED) is 0.917. The lowest BCUT2D eigenvalue weighted by molar-refractivity contribution is -0.116. The average molecular weight is 285 g/mol. The molecule has 4 nitrogen and oxygen atoms in total. The third kappa shape index (κ3) is 3.72. The van der Waals surface area contributed by atoms with E-state index in [2.05, 4.69) is 41.6 Å². The molecule has 0 fully saturated rings. The fourth-order valence-corrected chi connectivity index (χ4v) is 2.36. The number of anilines is 1. The number of hydrogen-bond donors (Lipinski definition) is 1. The number of carbonyl (C=O) groups is 1. The zero-order chi connectivity index (χ0) is 15.4. The molecule has 2 aromatic rings. The third-order valence-corrected chi connectivity index (χ3v) is 3.85. The van der Waals surface area contributed by atoms with E-state index in [4.69, 9.17) is 0 Å². The molecule has 0 bridgehead atoms. The molecule has 1 N–H and O–H groups in total. The van der Waals surface area contributed by atoms with E-state index in [1.807, 2.05) is 20.9 Å². The first-order chi connectivity index (χ1) is 10.0. The fraction of sp³-hybridized carbons (Fsp3) is 0.412. The molecule has 0 saturated carbocycles. The lowest BCUT2D eigenvalue weighted by Crippen LogP contribution is -2.13. The molecule has 0 unspecified atom stereocenters. The Hall–Kier alpha value is -2.10. The summed E-state index contributed by atoms with van der Waals surface area (Å²) in [5.41, 5.74) is 5.19. The van der Waals surface area contributed by atoms with E-state index in [0.29, 0.717) is 6.42 Å². The Morgan fingerprint density at radius 1 is 1.19 bits per heavy atom. The molecule has 0 saturated heterocycles. The SMILES string of the molecule is CCc1ccc(CCC(=O)Nc2c(C)nn(C)c2C)cc1. The van der Waals surface area contributed by atoms with Crippen LogP contribution in [0, 0.1) is 13.8 Å². The molecule has 0 radical (unpaired) electrons. The van der Waals surface area contributed by atoms with Gasteiger partial charge in [-0.05, 0) is 37.8 Å². The topological polar surface area (TPSA) is 46.9 Å². The molecule has 0 spiro atoms. The highest BCUT2D eigenvalue weighted by Gasteiger charge is 2.12. The van der Waals surface area contributed by atoms with Crippen molar-refractivity contribution in [2.45, 2.75) is 40.0 Å². The molecule has 112 valence electrons. The van der Waals surface area contributed by atoms with Gasteiger partial charge in [-0.2, -0.15) is 5.10 Å². The average Bonchev–Trinajstić information content (AvgIpc) is 2.72. The molecular weight excluding hydrogens is 262 g/mol. The zero-order valence-electron chi connectivity index (χ0n) is 13.2. The molecule has 1 heterocycles. The Labute approximate surface area is 126 Å². The van der Waals surface area contributed by atoms with Crippen LogP contribution in [0.25, 0.3) is 0 Å². The minimum Gasteiger partial charge on any atom is -0.323 e. The summed E-state index contributed by atoms with van der Waals surface area (Å²) in [5.74, 6) is 0.0359. The lowest BCUT2D eigenvalue weighted by atomic mass is 10.1. The van der Waals surface area contributed by atoms with E-state index < -0.39 is 0 Å². The Balaban J connectivity index is 1.92. The highest BCUT2D eigenvalue weighted by atomic mass is 16.1. The van der Waals surface area contributed by atoms with Crippen molar-refractivity contribution in [2.24, 2.45) is 7.05 Å². The first-order valence-electron chi connectivity index (χ1n) is 7.39. The van der Waals surface area contributed by atoms with Crippen molar-refractivity contribution in [3.8, 4) is 0 Å². The number of nitrogens with one attached hydrogen (secondary N) is 1. The minimum atomic E-state index is 0.0359. The van der Waals surface area contributed by atoms with E-state index in [0.717, 1.165) is 29.9 Å². The first-order valence-corrected chi connectivity index (χ1v) is 7.39. The maximum Gasteiger partial charge on any atom is 0.224 e. The van der Waals surface area contributed by atoms with E-state index in [-0.39, 0.29) is 5.91 Å². The number of aryl methyl sites for hydroxylation is 4. The Morgan fingerprint density at radius 3 is 2.33 bits per heavy atom. The van der Waals surface area contributed by atoms with Crippen LogP contribution in [-0.2, 0) is 24.7 Å². The van der Waals surface area contributed by atoms with Crippen LogP contribution in [0.1, 0.15) is 35.9 Å². The molecule has 0 aliphatic heterocycles. The Kier molecular flexibility index (Phi) is 4.78. The van der Waals surface area contributed by atoms with Gasteiger partial charge in [-0.25, -0.2) is 0 Å². The fourth-order valence-electron chi connectivity index (χ4n) is 2.36. The van der Waals surface area contributed by atoms with Crippen LogP contribution in [0.3, 0.4) is 0 Å². The summed E-state index contributed by atoms with van der Waals surface area (Å²) in [5, 5.41) is 7.27. The second-order valence-corrected chi connectivity index (χ2v) is 5.39. The summed E-state index contributed by atoms with van der Waals surface area (Å²) in [6.45, 7) is 6.01. The van der Waals surface area contributed by atoms with E-state index in [9.17, 15) is 4.79 Å². The van der Waals surface area contributed by atoms with Gasteiger partial charge < -0.3 is 5.32 Å². The second kappa shape index (κ2) is 6.57. The molecular formula is C17H23N3O. The van der Waals surface area contributed by atoms with Gasteiger partial charge in [0.1, 0.15) is 0 Å². The summed E-state index contributed by atoms with van der Waals surface area (Å²) < 4.78 is 1.79. The highest BCUT2D eigenvalue weighted by Crippen LogP contribution is 2.18. The number of amides is 1. The summed E-state index contributed by atoms with van der Waals surface area (Å²) in [6.07, 6.45) is 2.29. The van der Waals surface area contributed by atoms with Crippen LogP contribution in [0.2, 0.25) is 0 Å². The second-order valence-electron chi connectivity index (χ2n) is 5.39. The van der Waals surface area contributed by atoms with Crippen molar-refractivity contribution in [3.05, 3.63) is 46.8 Å². The monoisotopic (exact) mass is 285 g/mol. The molecule has 0 aliphatic rings. The summed E-state index contributed by atoms with van der Waals surface area (Å²) in [4.78, 5) is 12.1. The van der Waals surface area contributed by atoms with Gasteiger partial charge in [-0.15, -0.1) is 0 Å². The van der Waals surface area contributed by atoms with Crippen molar-refractivity contribution < 1.29 is 4.79 Å². The first kappa shape index (κ1) is 15.3. The summed E-state index contributed by atoms with van der Waals surface area (Å²) in [6, 6.07) is 8.46. The maximum absolute atomic E-state index is 12.1. The number of nitrogens with zero attached hydrogens (tertiary/aromatic N) is 2. The van der Waals surface area contributed by atoms with Gasteiger partial charge in [0, 0.05) is 13.5 Å². The number of carbonyl (C=O) groups excluding carboxylic acids is 1. The largest absolute Gasteiger partial charge is 0.323 e. The summed E-state index contributed by atoms with van der Waals surface area (Å²) >= 11 is 0. The third-order valence-electron chi connectivity index (χ3n) is 3.85. The number of benzene rings is 1. The molecule has 1 aromatic heterocycles. The molecule has 1 aromatic carbocycles. The van der Waals surface area contributed by atoms with Gasteiger partial charge in [0.15, 0.2) is 0 Å². The van der Waals surface area contributed by atoms with Crippen molar-refractivity contribution in [3.63, 3.8) is 0 Å². The smallest absolute Gasteiger partial charge is 0.224 e. The number of rotatable bonds is 5. The van der Waals surface area contributed by atoms with Crippen molar-refractivity contribution in [1.29, 1.82) is 0 Å². The van der Waals surface area contributed by atoms with Gasteiger partial charge in [-0.1, -0.05) is 31.2 Å². The minimum absolute atomic E-state index is 0.0359. The van der Waals surface area contributed by atoms with Crippen LogP contribution < -0.4 is 5.32 Å². The molecule has 1 amide bonds. The van der Waals surface area contributed by atoms with Crippen LogP contribution in [0.5, 0.6) is 0 Å². The van der Waals surface area contributed by atoms with E-state index >= 15 is 0 Å². The molecule has 21 heavy (non-hydrogen) atoms. The number of hydrogen-bond acceptors (Lipinski definition) is 2. The van der Waals surface area contributed by atoms with Crippen LogP contribution in [-0.4, -0.2) is 15.7 Å². The van der Waals surface area contributed by atoms with Crippen LogP contribution in [0.4, 0.5) is 5.69 Å². The number of aromatic nitrogens is 2. The molecule has 4 heteroatoms. The molecule has 0 aliphatic carbocycles. The van der Waals surface area contributed by atoms with E-state index in [1.54, 1.807) is 4.68 Å². The summed E-state index contributed by atoms with van der Waals surface area (Å²) in [7, 11) is 1.88. The van der Waals surface area contributed by atoms with Gasteiger partial charge in [0.25, 0.3) is 0 Å². The standard InChI is InChI=1S/C17H23N3O/c1-5-14-6-8-15(9-7-14)10-11-16(21)18-17-12(2)19-20(4)13(17)3/h6-9H,5,10-11H2,1-4H3,(H,18,21). The van der Waals surface area contributed by atoms with Gasteiger partial charge >= 0.3 is 0 Å². The van der Waals surface area contributed by atoms with Gasteiger partial charge in [0.2, 0.25) is 5.91 Å². The van der Waals surface area contributed by atoms with Crippen molar-refractivity contribution >= 4 is 11.6 Å². The lowest BCUT2D eigenvalue weighted by Gasteiger charge is -2.06. The van der Waals surface area contributed by atoms with E-state index in [1.165, 1.54) is 11.1 Å². The normalized spacial score (nSPS) is 10.7. The molecule has 0 atom stereocenters. The van der Waals surface area contributed by atoms with Crippen molar-refractivity contribution in [2.75, 3.05) is 5.32 Å². The zero-order valence-corrected chi connectivity index (χ0v) is 13.2. The molecule has 2 rings (SSSR count). The van der Waals surface area contributed by atoms with Gasteiger partial charge in [0.05, 0.1) is 17.1 Å². The highest BCUT2D eigenvalue weighted by molar-refractivity contribution is 5.92. The Bertz CT molecular complexity index is 626.